The fourth-order valence-corrected chi connectivity index (χ4v) is 3.43. The first-order valence-corrected chi connectivity index (χ1v) is 7.43. The first-order chi connectivity index (χ1) is 9.29. The Labute approximate surface area is 114 Å². The zero-order valence-corrected chi connectivity index (χ0v) is 11.7. The van der Waals surface area contributed by atoms with E-state index in [2.05, 4.69) is 9.80 Å². The van der Waals surface area contributed by atoms with E-state index in [1.807, 2.05) is 0 Å². The number of methoxy groups -OCH3 is 1. The summed E-state index contributed by atoms with van der Waals surface area (Å²) in [5.41, 5.74) is 0. The predicted molar refractivity (Wildman–Crippen MR) is 70.9 cm³/mol. The maximum absolute atomic E-state index is 12.0. The normalized spacial score (nSPS) is 31.3. The van der Waals surface area contributed by atoms with Crippen molar-refractivity contribution in [2.45, 2.75) is 31.3 Å². The minimum atomic E-state index is -0.0369. The van der Waals surface area contributed by atoms with Gasteiger partial charge >= 0.3 is 5.97 Å². The molecule has 5 nitrogen and oxygen atoms in total. The maximum Gasteiger partial charge on any atom is 0.323 e. The summed E-state index contributed by atoms with van der Waals surface area (Å²) < 4.78 is 10.4. The molecule has 0 aromatic heterocycles. The first-order valence-electron chi connectivity index (χ1n) is 7.43. The first kappa shape index (κ1) is 13.3. The van der Waals surface area contributed by atoms with Crippen LogP contribution >= 0.6 is 0 Å². The van der Waals surface area contributed by atoms with Gasteiger partial charge in [0.15, 0.2) is 0 Å². The SMILES string of the molecule is COC(=O)C(C1CC1)N1CCC(N2CCOCC2)C1. The molecule has 0 aromatic rings. The second-order valence-corrected chi connectivity index (χ2v) is 5.89. The van der Waals surface area contributed by atoms with Crippen LogP contribution in [0.5, 0.6) is 0 Å². The monoisotopic (exact) mass is 268 g/mol. The molecule has 0 spiro atoms. The summed E-state index contributed by atoms with van der Waals surface area (Å²) >= 11 is 0. The zero-order chi connectivity index (χ0) is 13.2. The predicted octanol–water partition coefficient (Wildman–Crippen LogP) is 0.345. The highest BCUT2D eigenvalue weighted by molar-refractivity contribution is 5.76. The fraction of sp³-hybridized carbons (Fsp3) is 0.929. The van der Waals surface area contributed by atoms with Crippen LogP contribution in [-0.4, -0.2) is 74.4 Å². The lowest BCUT2D eigenvalue weighted by Crippen LogP contribution is -2.47. The van der Waals surface area contributed by atoms with Crippen molar-refractivity contribution < 1.29 is 14.3 Å². The van der Waals surface area contributed by atoms with Crippen LogP contribution in [0.25, 0.3) is 0 Å². The minimum absolute atomic E-state index is 0.0102. The molecule has 3 rings (SSSR count). The van der Waals surface area contributed by atoms with E-state index < -0.39 is 0 Å². The highest BCUT2D eigenvalue weighted by Crippen LogP contribution is 2.37. The fourth-order valence-electron chi connectivity index (χ4n) is 3.43. The molecule has 19 heavy (non-hydrogen) atoms. The number of esters is 1. The lowest BCUT2D eigenvalue weighted by molar-refractivity contribution is -0.147. The van der Waals surface area contributed by atoms with Crippen molar-refractivity contribution in [3.63, 3.8) is 0 Å². The van der Waals surface area contributed by atoms with E-state index in [1.54, 1.807) is 0 Å². The number of carbonyl (C=O) groups excluding carboxylic acids is 1. The molecule has 0 aromatic carbocycles. The van der Waals surface area contributed by atoms with E-state index in [0.29, 0.717) is 12.0 Å². The Morgan fingerprint density at radius 2 is 1.95 bits per heavy atom. The average molecular weight is 268 g/mol. The average Bonchev–Trinajstić information content (AvgIpc) is 3.16. The van der Waals surface area contributed by atoms with Gasteiger partial charge in [-0.15, -0.1) is 0 Å². The van der Waals surface area contributed by atoms with Crippen LogP contribution in [0, 0.1) is 5.92 Å². The Kier molecular flexibility index (Phi) is 4.05. The quantitative estimate of drug-likeness (QED) is 0.688. The third kappa shape index (κ3) is 2.93. The van der Waals surface area contributed by atoms with Gasteiger partial charge in [0.1, 0.15) is 6.04 Å². The molecule has 0 bridgehead atoms. The van der Waals surface area contributed by atoms with Crippen molar-refractivity contribution in [2.24, 2.45) is 5.92 Å². The highest BCUT2D eigenvalue weighted by atomic mass is 16.5. The van der Waals surface area contributed by atoms with Crippen LogP contribution in [0.15, 0.2) is 0 Å². The summed E-state index contributed by atoms with van der Waals surface area (Å²) in [6, 6.07) is 0.603. The third-order valence-electron chi connectivity index (χ3n) is 4.66. The van der Waals surface area contributed by atoms with E-state index in [4.69, 9.17) is 9.47 Å². The molecule has 1 aliphatic carbocycles. The topological polar surface area (TPSA) is 42.0 Å². The van der Waals surface area contributed by atoms with Crippen LogP contribution in [-0.2, 0) is 14.3 Å². The molecule has 0 N–H and O–H groups in total. The lowest BCUT2D eigenvalue weighted by Gasteiger charge is -2.33. The van der Waals surface area contributed by atoms with Gasteiger partial charge in [0.05, 0.1) is 20.3 Å². The molecule has 2 atom stereocenters. The van der Waals surface area contributed by atoms with Crippen LogP contribution in [0.2, 0.25) is 0 Å². The van der Waals surface area contributed by atoms with E-state index in [1.165, 1.54) is 26.4 Å². The van der Waals surface area contributed by atoms with Crippen molar-refractivity contribution in [1.29, 1.82) is 0 Å². The largest absolute Gasteiger partial charge is 0.468 e. The van der Waals surface area contributed by atoms with E-state index >= 15 is 0 Å². The van der Waals surface area contributed by atoms with Gasteiger partial charge in [0, 0.05) is 32.2 Å². The molecule has 0 amide bonds. The van der Waals surface area contributed by atoms with Gasteiger partial charge in [-0.05, 0) is 25.2 Å². The Hall–Kier alpha value is -0.650. The summed E-state index contributed by atoms with van der Waals surface area (Å²) in [7, 11) is 1.51. The minimum Gasteiger partial charge on any atom is -0.468 e. The number of carbonyl (C=O) groups is 1. The zero-order valence-electron chi connectivity index (χ0n) is 11.7. The van der Waals surface area contributed by atoms with Crippen LogP contribution in [0.1, 0.15) is 19.3 Å². The molecule has 1 saturated carbocycles. The number of hydrogen-bond donors (Lipinski definition) is 0. The molecule has 0 radical (unpaired) electrons. The summed E-state index contributed by atoms with van der Waals surface area (Å²) in [4.78, 5) is 16.8. The second-order valence-electron chi connectivity index (χ2n) is 5.89. The summed E-state index contributed by atoms with van der Waals surface area (Å²) in [6.45, 7) is 5.79. The molecule has 2 unspecified atom stereocenters. The molecular weight excluding hydrogens is 244 g/mol. The number of rotatable bonds is 4. The third-order valence-corrected chi connectivity index (χ3v) is 4.66. The van der Waals surface area contributed by atoms with Gasteiger partial charge in [-0.25, -0.2) is 0 Å². The number of ether oxygens (including phenoxy) is 2. The highest BCUT2D eigenvalue weighted by Gasteiger charge is 2.44. The Balaban J connectivity index is 1.58. The Morgan fingerprint density at radius 1 is 1.21 bits per heavy atom. The lowest BCUT2D eigenvalue weighted by atomic mass is 10.1. The van der Waals surface area contributed by atoms with E-state index in [0.717, 1.165) is 39.4 Å². The molecule has 2 heterocycles. The van der Waals surface area contributed by atoms with Crippen molar-refractivity contribution >= 4 is 5.97 Å². The van der Waals surface area contributed by atoms with Gasteiger partial charge in [0.2, 0.25) is 0 Å². The van der Waals surface area contributed by atoms with Crippen molar-refractivity contribution in [3.8, 4) is 0 Å². The summed E-state index contributed by atoms with van der Waals surface area (Å²) in [6.07, 6.45) is 3.52. The number of morpholine rings is 1. The van der Waals surface area contributed by atoms with Gasteiger partial charge < -0.3 is 9.47 Å². The molecule has 5 heteroatoms. The molecule has 3 aliphatic rings. The number of likely N-dealkylation sites (tertiary alicyclic amines) is 1. The molecule has 3 fully saturated rings. The summed E-state index contributed by atoms with van der Waals surface area (Å²) in [5, 5.41) is 0. The standard InChI is InChI=1S/C14H24N2O3/c1-18-14(17)13(11-2-3-11)16-5-4-12(10-16)15-6-8-19-9-7-15/h11-13H,2-10H2,1H3. The smallest absolute Gasteiger partial charge is 0.323 e. The van der Waals surface area contributed by atoms with Gasteiger partial charge in [-0.3, -0.25) is 14.6 Å². The number of hydrogen-bond acceptors (Lipinski definition) is 5. The van der Waals surface area contributed by atoms with Crippen molar-refractivity contribution in [3.05, 3.63) is 0 Å². The Morgan fingerprint density at radius 3 is 2.58 bits per heavy atom. The van der Waals surface area contributed by atoms with Crippen LogP contribution < -0.4 is 0 Å². The van der Waals surface area contributed by atoms with Gasteiger partial charge in [-0.1, -0.05) is 0 Å². The maximum atomic E-state index is 12.0. The second kappa shape index (κ2) is 5.77. The molecular formula is C14H24N2O3. The molecule has 108 valence electrons. The van der Waals surface area contributed by atoms with Gasteiger partial charge in [0.25, 0.3) is 0 Å². The van der Waals surface area contributed by atoms with Crippen molar-refractivity contribution in [1.82, 2.24) is 9.80 Å². The summed E-state index contributed by atoms with van der Waals surface area (Å²) in [5.74, 6) is 0.501. The van der Waals surface area contributed by atoms with E-state index in [-0.39, 0.29) is 12.0 Å². The Bertz CT molecular complexity index is 327. The van der Waals surface area contributed by atoms with Crippen LogP contribution in [0.3, 0.4) is 0 Å². The van der Waals surface area contributed by atoms with Crippen molar-refractivity contribution in [2.75, 3.05) is 46.5 Å². The molecule has 2 aliphatic heterocycles. The van der Waals surface area contributed by atoms with Crippen LogP contribution in [0.4, 0.5) is 0 Å². The van der Waals surface area contributed by atoms with E-state index in [9.17, 15) is 4.79 Å². The van der Waals surface area contributed by atoms with Gasteiger partial charge in [-0.2, -0.15) is 0 Å². The number of nitrogens with zero attached hydrogens (tertiary/aromatic N) is 2. The molecule has 2 saturated heterocycles.